The molecule has 1 N–H and O–H groups in total. The van der Waals surface area contributed by atoms with Crippen molar-refractivity contribution >= 4 is 17.5 Å². The number of hydrogen-bond acceptors (Lipinski definition) is 3. The lowest BCUT2D eigenvalue weighted by Crippen LogP contribution is -2.36. The van der Waals surface area contributed by atoms with E-state index >= 15 is 0 Å². The van der Waals surface area contributed by atoms with E-state index in [9.17, 15) is 4.79 Å². The van der Waals surface area contributed by atoms with Gasteiger partial charge in [-0.2, -0.15) is 5.10 Å². The zero-order valence-electron chi connectivity index (χ0n) is 12.2. The molecule has 0 fully saturated rings. The Morgan fingerprint density at radius 1 is 1.24 bits per heavy atom. The van der Waals surface area contributed by atoms with E-state index in [1.165, 1.54) is 0 Å². The number of carbonyl (C=O) groups excluding carboxylic acids is 1. The number of aromatic nitrogens is 2. The van der Waals surface area contributed by atoms with E-state index in [0.717, 1.165) is 12.1 Å². The summed E-state index contributed by atoms with van der Waals surface area (Å²) in [7, 11) is 3.96. The number of carbonyl (C=O) groups is 1. The Kier molecular flexibility index (Phi) is 5.36. The fraction of sp³-hybridized carbons (Fsp3) is 0.333. The SMILES string of the molecule is CN(C)CCN(Cc1ccccc1Cl)C(=O)c1ccn[nH]1. The molecular formula is C15H19ClN4O. The highest BCUT2D eigenvalue weighted by atomic mass is 35.5. The highest BCUT2D eigenvalue weighted by molar-refractivity contribution is 6.31. The minimum absolute atomic E-state index is 0.0748. The summed E-state index contributed by atoms with van der Waals surface area (Å²) in [6, 6.07) is 9.25. The smallest absolute Gasteiger partial charge is 0.272 e. The largest absolute Gasteiger partial charge is 0.332 e. The van der Waals surface area contributed by atoms with Gasteiger partial charge in [0.15, 0.2) is 0 Å². The van der Waals surface area contributed by atoms with E-state index in [2.05, 4.69) is 10.2 Å². The van der Waals surface area contributed by atoms with Crippen LogP contribution < -0.4 is 0 Å². The molecule has 112 valence electrons. The second-order valence-corrected chi connectivity index (χ2v) is 5.50. The first-order chi connectivity index (χ1) is 10.1. The van der Waals surface area contributed by atoms with Gasteiger partial charge in [-0.3, -0.25) is 9.89 Å². The van der Waals surface area contributed by atoms with Crippen LogP contribution in [0.25, 0.3) is 0 Å². The van der Waals surface area contributed by atoms with Gasteiger partial charge >= 0.3 is 0 Å². The van der Waals surface area contributed by atoms with Gasteiger partial charge in [-0.1, -0.05) is 29.8 Å². The van der Waals surface area contributed by atoms with Crippen LogP contribution in [0.15, 0.2) is 36.5 Å². The zero-order chi connectivity index (χ0) is 15.2. The van der Waals surface area contributed by atoms with Gasteiger partial charge in [0.1, 0.15) is 5.69 Å². The van der Waals surface area contributed by atoms with Gasteiger partial charge in [0.2, 0.25) is 0 Å². The second kappa shape index (κ2) is 7.24. The molecule has 5 nitrogen and oxygen atoms in total. The molecule has 0 aliphatic heterocycles. The Labute approximate surface area is 129 Å². The summed E-state index contributed by atoms with van der Waals surface area (Å²) < 4.78 is 0. The van der Waals surface area contributed by atoms with E-state index in [1.54, 1.807) is 17.2 Å². The van der Waals surface area contributed by atoms with Crippen molar-refractivity contribution in [3.8, 4) is 0 Å². The predicted molar refractivity (Wildman–Crippen MR) is 83.3 cm³/mol. The maximum absolute atomic E-state index is 12.5. The summed E-state index contributed by atoms with van der Waals surface area (Å²) in [5, 5.41) is 7.23. The summed E-state index contributed by atoms with van der Waals surface area (Å²) in [6.45, 7) is 1.88. The Hall–Kier alpha value is -1.85. The van der Waals surface area contributed by atoms with Gasteiger partial charge in [-0.05, 0) is 31.8 Å². The van der Waals surface area contributed by atoms with Crippen LogP contribution in [0.4, 0.5) is 0 Å². The summed E-state index contributed by atoms with van der Waals surface area (Å²) >= 11 is 6.19. The minimum Gasteiger partial charge on any atom is -0.332 e. The van der Waals surface area contributed by atoms with Crippen LogP contribution in [0.5, 0.6) is 0 Å². The van der Waals surface area contributed by atoms with Crippen molar-refractivity contribution in [3.05, 3.63) is 52.8 Å². The molecule has 2 rings (SSSR count). The Bertz CT molecular complexity index is 583. The molecule has 0 saturated heterocycles. The van der Waals surface area contributed by atoms with Gasteiger partial charge in [0.05, 0.1) is 0 Å². The molecule has 0 spiro atoms. The molecule has 0 radical (unpaired) electrons. The second-order valence-electron chi connectivity index (χ2n) is 5.09. The molecule has 0 bridgehead atoms. The Morgan fingerprint density at radius 3 is 2.62 bits per heavy atom. The lowest BCUT2D eigenvalue weighted by atomic mass is 10.2. The average Bonchev–Trinajstić information content (AvgIpc) is 2.98. The van der Waals surface area contributed by atoms with Crippen molar-refractivity contribution < 1.29 is 4.79 Å². The fourth-order valence-electron chi connectivity index (χ4n) is 1.95. The Balaban J connectivity index is 2.16. The molecule has 0 unspecified atom stereocenters. The number of nitrogens with zero attached hydrogens (tertiary/aromatic N) is 3. The van der Waals surface area contributed by atoms with Gasteiger partial charge in [-0.15, -0.1) is 0 Å². The zero-order valence-corrected chi connectivity index (χ0v) is 13.0. The number of likely N-dealkylation sites (N-methyl/N-ethyl adjacent to an activating group) is 1. The van der Waals surface area contributed by atoms with Crippen LogP contribution in [0.2, 0.25) is 5.02 Å². The molecule has 21 heavy (non-hydrogen) atoms. The summed E-state index contributed by atoms with van der Waals surface area (Å²) in [6.07, 6.45) is 1.58. The Morgan fingerprint density at radius 2 is 2.00 bits per heavy atom. The number of nitrogens with one attached hydrogen (secondary N) is 1. The van der Waals surface area contributed by atoms with Gasteiger partial charge in [-0.25, -0.2) is 0 Å². The van der Waals surface area contributed by atoms with Crippen molar-refractivity contribution in [1.82, 2.24) is 20.0 Å². The van der Waals surface area contributed by atoms with Crippen LogP contribution >= 0.6 is 11.6 Å². The summed E-state index contributed by atoms with van der Waals surface area (Å²) in [5.74, 6) is -0.0748. The molecule has 6 heteroatoms. The van der Waals surface area contributed by atoms with Crippen molar-refractivity contribution in [2.45, 2.75) is 6.54 Å². The summed E-state index contributed by atoms with van der Waals surface area (Å²) in [5.41, 5.74) is 1.42. The van der Waals surface area contributed by atoms with Crippen molar-refractivity contribution in [1.29, 1.82) is 0 Å². The third-order valence-electron chi connectivity index (χ3n) is 3.15. The fourth-order valence-corrected chi connectivity index (χ4v) is 2.15. The quantitative estimate of drug-likeness (QED) is 0.890. The number of aromatic amines is 1. The molecule has 0 aliphatic carbocycles. The molecule has 1 aromatic heterocycles. The van der Waals surface area contributed by atoms with Crippen molar-refractivity contribution in [2.24, 2.45) is 0 Å². The molecule has 1 aromatic carbocycles. The molecular weight excluding hydrogens is 288 g/mol. The van der Waals surface area contributed by atoms with Crippen LogP contribution in [0.1, 0.15) is 16.1 Å². The first-order valence-electron chi connectivity index (χ1n) is 6.74. The number of rotatable bonds is 6. The van der Waals surface area contributed by atoms with E-state index in [4.69, 9.17) is 11.6 Å². The third-order valence-corrected chi connectivity index (χ3v) is 3.52. The lowest BCUT2D eigenvalue weighted by Gasteiger charge is -2.24. The normalized spacial score (nSPS) is 10.9. The topological polar surface area (TPSA) is 52.2 Å². The molecule has 2 aromatic rings. The molecule has 0 atom stereocenters. The monoisotopic (exact) mass is 306 g/mol. The first-order valence-corrected chi connectivity index (χ1v) is 7.12. The van der Waals surface area contributed by atoms with Gasteiger partial charge in [0.25, 0.3) is 5.91 Å². The van der Waals surface area contributed by atoms with E-state index in [0.29, 0.717) is 23.8 Å². The van der Waals surface area contributed by atoms with Crippen LogP contribution in [0.3, 0.4) is 0 Å². The molecule has 1 heterocycles. The van der Waals surface area contributed by atoms with Crippen LogP contribution in [-0.4, -0.2) is 53.1 Å². The van der Waals surface area contributed by atoms with Gasteiger partial charge in [0, 0.05) is 30.9 Å². The van der Waals surface area contributed by atoms with Crippen LogP contribution in [-0.2, 0) is 6.54 Å². The molecule has 0 aliphatic rings. The number of benzene rings is 1. The van der Waals surface area contributed by atoms with Gasteiger partial charge < -0.3 is 9.80 Å². The van der Waals surface area contributed by atoms with Crippen molar-refractivity contribution in [3.63, 3.8) is 0 Å². The summed E-state index contributed by atoms with van der Waals surface area (Å²) in [4.78, 5) is 16.3. The number of hydrogen-bond donors (Lipinski definition) is 1. The van der Waals surface area contributed by atoms with E-state index in [1.807, 2.05) is 43.3 Å². The molecule has 1 amide bonds. The predicted octanol–water partition coefficient (Wildman–Crippen LogP) is 2.27. The number of amides is 1. The highest BCUT2D eigenvalue weighted by Gasteiger charge is 2.18. The minimum atomic E-state index is -0.0748. The maximum atomic E-state index is 12.5. The number of H-pyrrole nitrogens is 1. The number of halogens is 1. The van der Waals surface area contributed by atoms with Crippen molar-refractivity contribution in [2.75, 3.05) is 27.2 Å². The third kappa shape index (κ3) is 4.31. The molecule has 0 saturated carbocycles. The van der Waals surface area contributed by atoms with E-state index < -0.39 is 0 Å². The lowest BCUT2D eigenvalue weighted by molar-refractivity contribution is 0.0726. The first kappa shape index (κ1) is 15.5. The highest BCUT2D eigenvalue weighted by Crippen LogP contribution is 2.18. The van der Waals surface area contributed by atoms with E-state index in [-0.39, 0.29) is 5.91 Å². The average molecular weight is 307 g/mol. The maximum Gasteiger partial charge on any atom is 0.272 e. The standard InChI is InChI=1S/C15H19ClN4O/c1-19(2)9-10-20(15(21)14-7-8-17-18-14)11-12-5-3-4-6-13(12)16/h3-8H,9-11H2,1-2H3,(H,17,18). The van der Waals surface area contributed by atoms with Crippen LogP contribution in [0, 0.1) is 0 Å².